The van der Waals surface area contributed by atoms with Gasteiger partial charge in [-0.3, -0.25) is 9.78 Å². The third-order valence-corrected chi connectivity index (χ3v) is 3.80. The molecule has 0 radical (unpaired) electrons. The number of carbonyl (C=O) groups excluding carboxylic acids is 1. The van der Waals surface area contributed by atoms with Crippen LogP contribution in [0.15, 0.2) is 53.3 Å². The van der Waals surface area contributed by atoms with Crippen molar-refractivity contribution in [2.24, 2.45) is 0 Å². The standard InChI is InChI=1S/C17H15N7O2/c1-10(11-5-2-3-7-19-11)20-16(25)12-9-14-22-15(13-6-4-8-26-13)23-24(14)17(18)21-12/h2-10H,1H3,(H2,18,21)(H,20,25). The number of hydrogen-bond donors (Lipinski definition) is 2. The van der Waals surface area contributed by atoms with E-state index in [2.05, 4.69) is 25.4 Å². The Hall–Kier alpha value is -3.75. The normalized spacial score (nSPS) is 12.2. The SMILES string of the molecule is CC(NC(=O)c1cc2nc(-c3ccco3)nn2c(N)n1)c1ccccn1. The fourth-order valence-corrected chi connectivity index (χ4v) is 2.51. The van der Waals surface area contributed by atoms with E-state index in [1.165, 1.54) is 16.8 Å². The van der Waals surface area contributed by atoms with E-state index in [9.17, 15) is 4.79 Å². The average Bonchev–Trinajstić information content (AvgIpc) is 3.31. The molecule has 3 N–H and O–H groups in total. The summed E-state index contributed by atoms with van der Waals surface area (Å²) in [5, 5.41) is 7.09. The predicted molar refractivity (Wildman–Crippen MR) is 93.0 cm³/mol. The minimum absolute atomic E-state index is 0.0587. The average molecular weight is 349 g/mol. The van der Waals surface area contributed by atoms with Crippen LogP contribution in [0.5, 0.6) is 0 Å². The van der Waals surface area contributed by atoms with Gasteiger partial charge in [0.15, 0.2) is 11.4 Å². The van der Waals surface area contributed by atoms with E-state index in [1.54, 1.807) is 18.3 Å². The largest absolute Gasteiger partial charge is 0.461 e. The zero-order valence-electron chi connectivity index (χ0n) is 13.8. The van der Waals surface area contributed by atoms with Crippen molar-refractivity contribution in [2.75, 3.05) is 5.73 Å². The van der Waals surface area contributed by atoms with E-state index < -0.39 is 0 Å². The highest BCUT2D eigenvalue weighted by Gasteiger charge is 2.18. The number of amides is 1. The number of nitrogens with zero attached hydrogens (tertiary/aromatic N) is 5. The Bertz CT molecular complexity index is 1060. The van der Waals surface area contributed by atoms with Crippen molar-refractivity contribution in [1.82, 2.24) is 29.9 Å². The number of nitrogens with two attached hydrogens (primary N) is 1. The van der Waals surface area contributed by atoms with Crippen LogP contribution >= 0.6 is 0 Å². The zero-order chi connectivity index (χ0) is 18.1. The van der Waals surface area contributed by atoms with Crippen LogP contribution in [0, 0.1) is 0 Å². The van der Waals surface area contributed by atoms with Gasteiger partial charge in [0, 0.05) is 12.3 Å². The first-order valence-corrected chi connectivity index (χ1v) is 7.91. The van der Waals surface area contributed by atoms with Crippen molar-refractivity contribution < 1.29 is 9.21 Å². The third-order valence-electron chi connectivity index (χ3n) is 3.80. The van der Waals surface area contributed by atoms with Crippen LogP contribution in [0.1, 0.15) is 29.1 Å². The second-order valence-corrected chi connectivity index (χ2v) is 5.63. The van der Waals surface area contributed by atoms with Gasteiger partial charge in [-0.15, -0.1) is 5.10 Å². The topological polar surface area (TPSA) is 124 Å². The molecule has 9 nitrogen and oxygen atoms in total. The lowest BCUT2D eigenvalue weighted by molar-refractivity contribution is 0.0934. The van der Waals surface area contributed by atoms with Crippen molar-refractivity contribution in [1.29, 1.82) is 0 Å². The van der Waals surface area contributed by atoms with Gasteiger partial charge in [0.2, 0.25) is 11.8 Å². The number of hydrogen-bond acceptors (Lipinski definition) is 7. The van der Waals surface area contributed by atoms with Crippen LogP contribution in [0.25, 0.3) is 17.2 Å². The Morgan fingerprint density at radius 2 is 2.15 bits per heavy atom. The molecule has 0 aliphatic carbocycles. The number of anilines is 1. The van der Waals surface area contributed by atoms with Gasteiger partial charge in [0.1, 0.15) is 5.69 Å². The van der Waals surface area contributed by atoms with Crippen LogP contribution in [0.2, 0.25) is 0 Å². The third kappa shape index (κ3) is 2.86. The fourth-order valence-electron chi connectivity index (χ4n) is 2.51. The second kappa shape index (κ2) is 6.28. The highest BCUT2D eigenvalue weighted by Crippen LogP contribution is 2.18. The van der Waals surface area contributed by atoms with Gasteiger partial charge in [-0.2, -0.15) is 4.52 Å². The first kappa shape index (κ1) is 15.8. The number of aromatic nitrogens is 5. The molecule has 0 aliphatic heterocycles. The van der Waals surface area contributed by atoms with Gasteiger partial charge in [0.05, 0.1) is 18.0 Å². The maximum absolute atomic E-state index is 12.5. The number of pyridine rings is 1. The monoisotopic (exact) mass is 349 g/mol. The maximum Gasteiger partial charge on any atom is 0.270 e. The summed E-state index contributed by atoms with van der Waals surface area (Å²) in [6.45, 7) is 1.84. The molecule has 1 unspecified atom stereocenters. The van der Waals surface area contributed by atoms with Gasteiger partial charge in [0.25, 0.3) is 5.91 Å². The molecule has 0 spiro atoms. The number of nitrogens with one attached hydrogen (secondary N) is 1. The maximum atomic E-state index is 12.5. The van der Waals surface area contributed by atoms with E-state index in [0.717, 1.165) is 5.69 Å². The second-order valence-electron chi connectivity index (χ2n) is 5.63. The molecule has 9 heteroatoms. The quantitative estimate of drug-likeness (QED) is 0.576. The smallest absolute Gasteiger partial charge is 0.270 e. The molecule has 0 saturated carbocycles. The lowest BCUT2D eigenvalue weighted by Gasteiger charge is -2.13. The zero-order valence-corrected chi connectivity index (χ0v) is 13.8. The Labute approximate surface area is 147 Å². The lowest BCUT2D eigenvalue weighted by atomic mass is 10.2. The summed E-state index contributed by atoms with van der Waals surface area (Å²) in [5.74, 6) is 0.550. The van der Waals surface area contributed by atoms with Gasteiger partial charge in [-0.1, -0.05) is 6.07 Å². The molecule has 0 bridgehead atoms. The number of carbonyl (C=O) groups is 1. The summed E-state index contributed by atoms with van der Waals surface area (Å²) in [7, 11) is 0. The van der Waals surface area contributed by atoms with Crippen molar-refractivity contribution in [3.05, 3.63) is 60.2 Å². The van der Waals surface area contributed by atoms with E-state index in [1.807, 2.05) is 25.1 Å². The lowest BCUT2D eigenvalue weighted by Crippen LogP contribution is -2.28. The van der Waals surface area contributed by atoms with Gasteiger partial charge in [-0.05, 0) is 31.2 Å². The Morgan fingerprint density at radius 1 is 1.27 bits per heavy atom. The number of fused-ring (bicyclic) bond motifs is 1. The molecule has 4 aromatic rings. The molecule has 0 aliphatic rings. The molecule has 26 heavy (non-hydrogen) atoms. The summed E-state index contributed by atoms with van der Waals surface area (Å²) in [4.78, 5) is 25.2. The minimum Gasteiger partial charge on any atom is -0.461 e. The molecule has 1 atom stereocenters. The molecule has 130 valence electrons. The summed E-state index contributed by atoms with van der Waals surface area (Å²) < 4.78 is 6.64. The molecule has 0 saturated heterocycles. The van der Waals surface area contributed by atoms with Crippen LogP contribution in [-0.2, 0) is 0 Å². The van der Waals surface area contributed by atoms with Crippen LogP contribution in [-0.4, -0.2) is 30.5 Å². The van der Waals surface area contributed by atoms with Crippen molar-refractivity contribution in [2.45, 2.75) is 13.0 Å². The summed E-state index contributed by atoms with van der Waals surface area (Å²) in [5.41, 5.74) is 7.23. The molecular weight excluding hydrogens is 334 g/mol. The van der Waals surface area contributed by atoms with Crippen molar-refractivity contribution >= 4 is 17.5 Å². The van der Waals surface area contributed by atoms with Gasteiger partial charge in [-0.25, -0.2) is 9.97 Å². The number of furan rings is 1. The molecule has 0 aromatic carbocycles. The van der Waals surface area contributed by atoms with Crippen LogP contribution in [0.4, 0.5) is 5.95 Å². The van der Waals surface area contributed by atoms with E-state index in [0.29, 0.717) is 17.2 Å². The molecule has 4 rings (SSSR count). The Morgan fingerprint density at radius 3 is 2.88 bits per heavy atom. The van der Waals surface area contributed by atoms with E-state index >= 15 is 0 Å². The summed E-state index contributed by atoms with van der Waals surface area (Å²) in [6.07, 6.45) is 3.20. The highest BCUT2D eigenvalue weighted by molar-refractivity contribution is 5.93. The van der Waals surface area contributed by atoms with Gasteiger partial charge < -0.3 is 15.5 Å². The molecule has 4 aromatic heterocycles. The summed E-state index contributed by atoms with van der Waals surface area (Å²) in [6, 6.07) is 10.2. The molecular formula is C17H15N7O2. The number of rotatable bonds is 4. The minimum atomic E-state index is -0.375. The first-order chi connectivity index (χ1) is 12.6. The Balaban J connectivity index is 1.63. The van der Waals surface area contributed by atoms with E-state index in [-0.39, 0.29) is 23.6 Å². The first-order valence-electron chi connectivity index (χ1n) is 7.91. The Kier molecular flexibility index (Phi) is 3.81. The summed E-state index contributed by atoms with van der Waals surface area (Å²) >= 11 is 0. The predicted octanol–water partition coefficient (Wildman–Crippen LogP) is 1.85. The number of nitrogen functional groups attached to an aromatic ring is 1. The van der Waals surface area contributed by atoms with Crippen molar-refractivity contribution in [3.8, 4) is 11.6 Å². The van der Waals surface area contributed by atoms with Gasteiger partial charge >= 0.3 is 0 Å². The van der Waals surface area contributed by atoms with Crippen molar-refractivity contribution in [3.63, 3.8) is 0 Å². The van der Waals surface area contributed by atoms with Crippen LogP contribution in [0.3, 0.4) is 0 Å². The van der Waals surface area contributed by atoms with E-state index in [4.69, 9.17) is 10.2 Å². The fraction of sp³-hybridized carbons (Fsp3) is 0.118. The van der Waals surface area contributed by atoms with Crippen LogP contribution < -0.4 is 11.1 Å². The molecule has 4 heterocycles. The highest BCUT2D eigenvalue weighted by atomic mass is 16.3. The molecule has 1 amide bonds. The molecule has 0 fully saturated rings.